The van der Waals surface area contributed by atoms with E-state index in [0.717, 1.165) is 12.5 Å². The zero-order valence-electron chi connectivity index (χ0n) is 13.7. The van der Waals surface area contributed by atoms with Crippen LogP contribution in [-0.2, 0) is 6.54 Å². The molecule has 1 N–H and O–H groups in total. The van der Waals surface area contributed by atoms with Crippen LogP contribution in [0.4, 0.5) is 0 Å². The molecule has 3 atom stereocenters. The summed E-state index contributed by atoms with van der Waals surface area (Å²) < 4.78 is 0. The van der Waals surface area contributed by atoms with Crippen molar-refractivity contribution in [2.75, 3.05) is 0 Å². The number of hydrogen-bond donors (Lipinski definition) is 1. The molecule has 2 aliphatic carbocycles. The summed E-state index contributed by atoms with van der Waals surface area (Å²) in [6.45, 7) is 12.9. The molecule has 2 fully saturated rings. The van der Waals surface area contributed by atoms with Crippen LogP contribution in [0.2, 0.25) is 0 Å². The molecule has 0 spiro atoms. The first-order valence-corrected chi connectivity index (χ1v) is 8.12. The van der Waals surface area contributed by atoms with Crippen molar-refractivity contribution in [3.63, 3.8) is 0 Å². The van der Waals surface area contributed by atoms with Gasteiger partial charge in [0.25, 0.3) is 0 Å². The monoisotopic (exact) mass is 271 g/mol. The average Bonchev–Trinajstić information content (AvgIpc) is 2.84. The van der Waals surface area contributed by atoms with Gasteiger partial charge >= 0.3 is 0 Å². The maximum Gasteiger partial charge on any atom is 0.0208 e. The van der Waals surface area contributed by atoms with Crippen LogP contribution in [0.1, 0.15) is 56.7 Å². The molecule has 0 heterocycles. The molecule has 20 heavy (non-hydrogen) atoms. The number of aryl methyl sites for hydroxylation is 2. The first kappa shape index (κ1) is 14.1. The Morgan fingerprint density at radius 2 is 1.90 bits per heavy atom. The standard InChI is InChI=1S/C19H29N/c1-13-6-7-15(10-14(13)2)12-20-17-18(3,4)16-8-9-19(17,5)11-16/h6-7,10,16-17,20H,8-9,11-12H2,1-5H3. The van der Waals surface area contributed by atoms with Gasteiger partial charge in [-0.2, -0.15) is 0 Å². The Morgan fingerprint density at radius 3 is 2.50 bits per heavy atom. The maximum atomic E-state index is 3.91. The largest absolute Gasteiger partial charge is 0.309 e. The van der Waals surface area contributed by atoms with Crippen LogP contribution in [-0.4, -0.2) is 6.04 Å². The molecule has 3 rings (SSSR count). The Hall–Kier alpha value is -0.820. The smallest absolute Gasteiger partial charge is 0.0208 e. The molecular formula is C19H29N. The Bertz CT molecular complexity index is 512. The number of nitrogens with one attached hydrogen (secondary N) is 1. The molecule has 1 heteroatoms. The normalized spacial score (nSPS) is 34.6. The van der Waals surface area contributed by atoms with E-state index >= 15 is 0 Å². The predicted molar refractivity (Wildman–Crippen MR) is 85.8 cm³/mol. The maximum absolute atomic E-state index is 3.91. The van der Waals surface area contributed by atoms with Crippen molar-refractivity contribution >= 4 is 0 Å². The Labute approximate surface area is 124 Å². The van der Waals surface area contributed by atoms with Crippen LogP contribution in [0.3, 0.4) is 0 Å². The van der Waals surface area contributed by atoms with Crippen molar-refractivity contribution in [1.29, 1.82) is 0 Å². The lowest BCUT2D eigenvalue weighted by Gasteiger charge is -2.43. The molecule has 1 nitrogen and oxygen atoms in total. The minimum atomic E-state index is 0.451. The van der Waals surface area contributed by atoms with Crippen LogP contribution in [0.25, 0.3) is 0 Å². The lowest BCUT2D eigenvalue weighted by molar-refractivity contribution is 0.108. The number of fused-ring (bicyclic) bond motifs is 2. The summed E-state index contributed by atoms with van der Waals surface area (Å²) in [5, 5.41) is 3.91. The third-order valence-corrected chi connectivity index (χ3v) is 6.35. The highest BCUT2D eigenvalue weighted by atomic mass is 15.0. The molecule has 0 aliphatic heterocycles. The van der Waals surface area contributed by atoms with Crippen molar-refractivity contribution in [2.45, 2.75) is 66.5 Å². The molecule has 0 amide bonds. The van der Waals surface area contributed by atoms with Gasteiger partial charge in [0.1, 0.15) is 0 Å². The zero-order chi connectivity index (χ0) is 14.5. The van der Waals surface area contributed by atoms with Gasteiger partial charge in [-0.25, -0.2) is 0 Å². The van der Waals surface area contributed by atoms with E-state index in [1.54, 1.807) is 0 Å². The Morgan fingerprint density at radius 1 is 1.15 bits per heavy atom. The Balaban J connectivity index is 1.73. The van der Waals surface area contributed by atoms with Gasteiger partial charge in [0.2, 0.25) is 0 Å². The highest BCUT2D eigenvalue weighted by molar-refractivity contribution is 5.30. The van der Waals surface area contributed by atoms with E-state index in [4.69, 9.17) is 0 Å². The van der Waals surface area contributed by atoms with Gasteiger partial charge < -0.3 is 5.32 Å². The lowest BCUT2D eigenvalue weighted by Crippen LogP contribution is -2.49. The number of rotatable bonds is 3. The van der Waals surface area contributed by atoms with Crippen LogP contribution in [0.5, 0.6) is 0 Å². The third kappa shape index (κ3) is 2.11. The van der Waals surface area contributed by atoms with Crippen molar-refractivity contribution < 1.29 is 0 Å². The molecule has 0 radical (unpaired) electrons. The van der Waals surface area contributed by atoms with Gasteiger partial charge in [0.15, 0.2) is 0 Å². The first-order valence-electron chi connectivity index (χ1n) is 8.12. The van der Waals surface area contributed by atoms with E-state index in [1.807, 2.05) is 0 Å². The summed E-state index contributed by atoms with van der Waals surface area (Å²) in [6, 6.07) is 7.53. The fourth-order valence-corrected chi connectivity index (χ4v) is 4.94. The SMILES string of the molecule is Cc1ccc(CNC2C3(C)CCC(C3)C2(C)C)cc1C. The second-order valence-corrected chi connectivity index (χ2v) is 8.15. The van der Waals surface area contributed by atoms with Gasteiger partial charge in [0.05, 0.1) is 0 Å². The van der Waals surface area contributed by atoms with Crippen molar-refractivity contribution in [3.8, 4) is 0 Å². The highest BCUT2D eigenvalue weighted by Gasteiger charge is 2.58. The average molecular weight is 271 g/mol. The Kier molecular flexibility index (Phi) is 3.25. The number of hydrogen-bond acceptors (Lipinski definition) is 1. The van der Waals surface area contributed by atoms with Crippen molar-refractivity contribution in [2.24, 2.45) is 16.7 Å². The molecule has 2 aliphatic rings. The van der Waals surface area contributed by atoms with E-state index < -0.39 is 0 Å². The molecule has 0 saturated heterocycles. The molecule has 2 saturated carbocycles. The molecular weight excluding hydrogens is 242 g/mol. The first-order chi connectivity index (χ1) is 9.33. The lowest BCUT2D eigenvalue weighted by atomic mass is 9.68. The summed E-state index contributed by atoms with van der Waals surface area (Å²) >= 11 is 0. The molecule has 110 valence electrons. The fourth-order valence-electron chi connectivity index (χ4n) is 4.94. The van der Waals surface area contributed by atoms with E-state index in [-0.39, 0.29) is 0 Å². The van der Waals surface area contributed by atoms with Crippen molar-refractivity contribution in [1.82, 2.24) is 5.32 Å². The molecule has 2 bridgehead atoms. The van der Waals surface area contributed by atoms with Crippen LogP contribution in [0, 0.1) is 30.6 Å². The van der Waals surface area contributed by atoms with E-state index in [1.165, 1.54) is 36.0 Å². The summed E-state index contributed by atoms with van der Waals surface area (Å²) in [6.07, 6.45) is 4.27. The quantitative estimate of drug-likeness (QED) is 0.846. The fraction of sp³-hybridized carbons (Fsp3) is 0.684. The van der Waals surface area contributed by atoms with Crippen LogP contribution in [0.15, 0.2) is 18.2 Å². The molecule has 0 aromatic heterocycles. The van der Waals surface area contributed by atoms with Gasteiger partial charge in [-0.3, -0.25) is 0 Å². The summed E-state index contributed by atoms with van der Waals surface area (Å²) in [5.41, 5.74) is 5.19. The molecule has 3 unspecified atom stereocenters. The summed E-state index contributed by atoms with van der Waals surface area (Å²) in [4.78, 5) is 0. The number of benzene rings is 1. The minimum Gasteiger partial charge on any atom is -0.309 e. The third-order valence-electron chi connectivity index (χ3n) is 6.35. The van der Waals surface area contributed by atoms with Crippen LogP contribution >= 0.6 is 0 Å². The topological polar surface area (TPSA) is 12.0 Å². The minimum absolute atomic E-state index is 0.451. The van der Waals surface area contributed by atoms with Gasteiger partial charge in [0, 0.05) is 12.6 Å². The second kappa shape index (κ2) is 4.59. The molecule has 1 aromatic rings. The van der Waals surface area contributed by atoms with Crippen LogP contribution < -0.4 is 5.32 Å². The van der Waals surface area contributed by atoms with Gasteiger partial charge in [-0.15, -0.1) is 0 Å². The van der Waals surface area contributed by atoms with E-state index in [0.29, 0.717) is 16.9 Å². The summed E-state index contributed by atoms with van der Waals surface area (Å²) in [5.74, 6) is 0.921. The van der Waals surface area contributed by atoms with E-state index in [9.17, 15) is 0 Å². The van der Waals surface area contributed by atoms with Gasteiger partial charge in [-0.05, 0) is 66.5 Å². The molecule has 1 aromatic carbocycles. The van der Waals surface area contributed by atoms with E-state index in [2.05, 4.69) is 58.1 Å². The van der Waals surface area contributed by atoms with Gasteiger partial charge in [-0.1, -0.05) is 39.0 Å². The summed E-state index contributed by atoms with van der Waals surface area (Å²) in [7, 11) is 0. The second-order valence-electron chi connectivity index (χ2n) is 8.15. The highest BCUT2D eigenvalue weighted by Crippen LogP contribution is 2.62. The zero-order valence-corrected chi connectivity index (χ0v) is 13.7. The predicted octanol–water partition coefficient (Wildman–Crippen LogP) is 4.61. The van der Waals surface area contributed by atoms with Crippen molar-refractivity contribution in [3.05, 3.63) is 34.9 Å².